The molecule has 21 heavy (non-hydrogen) atoms. The summed E-state index contributed by atoms with van der Waals surface area (Å²) >= 11 is 0. The van der Waals surface area contributed by atoms with E-state index in [1.54, 1.807) is 0 Å². The van der Waals surface area contributed by atoms with Gasteiger partial charge in [0.15, 0.2) is 11.6 Å². The van der Waals surface area contributed by atoms with Crippen molar-refractivity contribution in [1.82, 2.24) is 10.3 Å². The van der Waals surface area contributed by atoms with Gasteiger partial charge in [0, 0.05) is 11.8 Å². The van der Waals surface area contributed by atoms with Crippen molar-refractivity contribution in [2.75, 3.05) is 11.9 Å². The fourth-order valence-electron chi connectivity index (χ4n) is 1.53. The van der Waals surface area contributed by atoms with Gasteiger partial charge < -0.3 is 15.7 Å². The van der Waals surface area contributed by atoms with E-state index in [0.29, 0.717) is 0 Å². The summed E-state index contributed by atoms with van der Waals surface area (Å²) in [7, 11) is 0. The van der Waals surface area contributed by atoms with Gasteiger partial charge in [0.1, 0.15) is 5.82 Å². The van der Waals surface area contributed by atoms with Crippen LogP contribution < -0.4 is 10.6 Å². The molecule has 1 heterocycles. The second kappa shape index (κ2) is 6.47. The van der Waals surface area contributed by atoms with Crippen LogP contribution in [0.15, 0.2) is 42.6 Å². The molecular weight excluding hydrogens is 277 g/mol. The van der Waals surface area contributed by atoms with E-state index in [-0.39, 0.29) is 23.7 Å². The van der Waals surface area contributed by atoms with Crippen LogP contribution in [0.4, 0.5) is 10.2 Å². The minimum Gasteiger partial charge on any atom is -0.504 e. The maximum atomic E-state index is 12.7. The van der Waals surface area contributed by atoms with Crippen molar-refractivity contribution in [3.05, 3.63) is 54.0 Å². The Morgan fingerprint density at radius 1 is 1.19 bits per heavy atom. The molecule has 0 fully saturated rings. The van der Waals surface area contributed by atoms with Crippen LogP contribution in [0.2, 0.25) is 0 Å². The van der Waals surface area contributed by atoms with Gasteiger partial charge in [-0.2, -0.15) is 0 Å². The predicted molar refractivity (Wildman–Crippen MR) is 73.3 cm³/mol. The predicted octanol–water partition coefficient (Wildman–Crippen LogP) is 1.29. The SMILES string of the molecule is O=C(CNC(=O)c1ccc(F)cc1)Nc1ncccc1O. The Balaban J connectivity index is 1.88. The molecule has 0 aliphatic heterocycles. The van der Waals surface area contributed by atoms with Gasteiger partial charge in [-0.3, -0.25) is 9.59 Å². The molecule has 2 aromatic rings. The van der Waals surface area contributed by atoms with E-state index in [4.69, 9.17) is 0 Å². The standard InChI is InChI=1S/C14H12FN3O3/c15-10-5-3-9(4-6-10)14(21)17-8-12(20)18-13-11(19)2-1-7-16-13/h1-7,19H,8H2,(H,17,21)(H,16,18,20). The Bertz CT molecular complexity index is 659. The van der Waals surface area contributed by atoms with Gasteiger partial charge in [-0.05, 0) is 36.4 Å². The number of nitrogens with one attached hydrogen (secondary N) is 2. The van der Waals surface area contributed by atoms with Gasteiger partial charge in [0.2, 0.25) is 5.91 Å². The third kappa shape index (κ3) is 4.00. The molecule has 2 rings (SSSR count). The number of carbonyl (C=O) groups excluding carboxylic acids is 2. The van der Waals surface area contributed by atoms with Gasteiger partial charge in [-0.15, -0.1) is 0 Å². The Hall–Kier alpha value is -2.96. The Morgan fingerprint density at radius 3 is 2.57 bits per heavy atom. The van der Waals surface area contributed by atoms with Crippen LogP contribution in [0.25, 0.3) is 0 Å². The van der Waals surface area contributed by atoms with Gasteiger partial charge >= 0.3 is 0 Å². The molecule has 1 aromatic heterocycles. The van der Waals surface area contributed by atoms with Crippen molar-refractivity contribution in [3.63, 3.8) is 0 Å². The van der Waals surface area contributed by atoms with E-state index in [1.165, 1.54) is 30.5 Å². The number of halogens is 1. The normalized spacial score (nSPS) is 9.95. The minimum atomic E-state index is -0.542. The maximum absolute atomic E-state index is 12.7. The second-order valence-corrected chi connectivity index (χ2v) is 4.11. The lowest BCUT2D eigenvalue weighted by atomic mass is 10.2. The highest BCUT2D eigenvalue weighted by atomic mass is 19.1. The number of rotatable bonds is 4. The third-order valence-corrected chi connectivity index (χ3v) is 2.56. The number of pyridine rings is 1. The van der Waals surface area contributed by atoms with E-state index in [9.17, 15) is 19.1 Å². The molecule has 0 aliphatic rings. The lowest BCUT2D eigenvalue weighted by Crippen LogP contribution is -2.33. The molecule has 0 aliphatic carbocycles. The topological polar surface area (TPSA) is 91.3 Å². The summed E-state index contributed by atoms with van der Waals surface area (Å²) < 4.78 is 12.7. The highest BCUT2D eigenvalue weighted by molar-refractivity contribution is 5.99. The molecule has 2 amide bonds. The number of nitrogens with zero attached hydrogens (tertiary/aromatic N) is 1. The number of carbonyl (C=O) groups is 2. The van der Waals surface area contributed by atoms with E-state index in [2.05, 4.69) is 15.6 Å². The lowest BCUT2D eigenvalue weighted by Gasteiger charge is -2.07. The molecule has 0 spiro atoms. The molecule has 108 valence electrons. The largest absolute Gasteiger partial charge is 0.504 e. The van der Waals surface area contributed by atoms with Crippen LogP contribution in [-0.4, -0.2) is 28.4 Å². The highest BCUT2D eigenvalue weighted by Crippen LogP contribution is 2.17. The molecule has 6 nitrogen and oxygen atoms in total. The number of amides is 2. The van der Waals surface area contributed by atoms with E-state index in [0.717, 1.165) is 12.1 Å². The monoisotopic (exact) mass is 289 g/mol. The minimum absolute atomic E-state index is 0.0125. The molecule has 0 radical (unpaired) electrons. The first-order valence-corrected chi connectivity index (χ1v) is 6.04. The molecule has 0 unspecified atom stereocenters. The summed E-state index contributed by atoms with van der Waals surface area (Å²) in [6.07, 6.45) is 1.41. The van der Waals surface area contributed by atoms with E-state index in [1.807, 2.05) is 0 Å². The van der Waals surface area contributed by atoms with E-state index >= 15 is 0 Å². The third-order valence-electron chi connectivity index (χ3n) is 2.56. The van der Waals surface area contributed by atoms with Gasteiger partial charge in [-0.1, -0.05) is 0 Å². The van der Waals surface area contributed by atoms with Crippen molar-refractivity contribution in [1.29, 1.82) is 0 Å². The zero-order valence-corrected chi connectivity index (χ0v) is 10.8. The summed E-state index contributed by atoms with van der Waals surface area (Å²) in [5, 5.41) is 14.2. The summed E-state index contributed by atoms with van der Waals surface area (Å²) in [6.45, 7) is -0.299. The summed E-state index contributed by atoms with van der Waals surface area (Å²) in [4.78, 5) is 27.1. The second-order valence-electron chi connectivity index (χ2n) is 4.11. The van der Waals surface area contributed by atoms with Crippen LogP contribution in [0.3, 0.4) is 0 Å². The average molecular weight is 289 g/mol. The summed E-state index contributed by atoms with van der Waals surface area (Å²) in [5.41, 5.74) is 0.241. The highest BCUT2D eigenvalue weighted by Gasteiger charge is 2.10. The maximum Gasteiger partial charge on any atom is 0.251 e. The number of hydrogen-bond donors (Lipinski definition) is 3. The quantitative estimate of drug-likeness (QED) is 0.791. The number of aromatic nitrogens is 1. The molecule has 7 heteroatoms. The van der Waals surface area contributed by atoms with Crippen LogP contribution in [0.1, 0.15) is 10.4 Å². The molecule has 1 aromatic carbocycles. The number of aromatic hydroxyl groups is 1. The summed E-state index contributed by atoms with van der Waals surface area (Å²) in [6, 6.07) is 7.82. The first kappa shape index (κ1) is 14.4. The van der Waals surface area contributed by atoms with Crippen LogP contribution in [0, 0.1) is 5.82 Å². The first-order chi connectivity index (χ1) is 10.1. The van der Waals surface area contributed by atoms with Gasteiger partial charge in [0.05, 0.1) is 6.54 Å². The Morgan fingerprint density at radius 2 is 1.90 bits per heavy atom. The van der Waals surface area contributed by atoms with E-state index < -0.39 is 17.6 Å². The lowest BCUT2D eigenvalue weighted by molar-refractivity contribution is -0.115. The Kier molecular flexibility index (Phi) is 4.45. The van der Waals surface area contributed by atoms with Crippen LogP contribution in [0.5, 0.6) is 5.75 Å². The van der Waals surface area contributed by atoms with Crippen LogP contribution >= 0.6 is 0 Å². The molecule has 3 N–H and O–H groups in total. The Labute approximate surface area is 119 Å². The van der Waals surface area contributed by atoms with Crippen molar-refractivity contribution in [3.8, 4) is 5.75 Å². The van der Waals surface area contributed by atoms with Crippen molar-refractivity contribution < 1.29 is 19.1 Å². The smallest absolute Gasteiger partial charge is 0.251 e. The average Bonchev–Trinajstić information content (AvgIpc) is 2.48. The van der Waals surface area contributed by atoms with Crippen molar-refractivity contribution in [2.45, 2.75) is 0 Å². The molecule has 0 bridgehead atoms. The van der Waals surface area contributed by atoms with Crippen molar-refractivity contribution in [2.24, 2.45) is 0 Å². The zero-order valence-electron chi connectivity index (χ0n) is 10.8. The molecule has 0 saturated carbocycles. The van der Waals surface area contributed by atoms with Gasteiger partial charge in [-0.25, -0.2) is 9.37 Å². The molecule has 0 saturated heterocycles. The number of anilines is 1. The van der Waals surface area contributed by atoms with Crippen molar-refractivity contribution >= 4 is 17.6 Å². The van der Waals surface area contributed by atoms with Crippen LogP contribution in [-0.2, 0) is 4.79 Å². The molecular formula is C14H12FN3O3. The zero-order chi connectivity index (χ0) is 15.2. The molecule has 0 atom stereocenters. The number of benzene rings is 1. The number of hydrogen-bond acceptors (Lipinski definition) is 4. The fraction of sp³-hybridized carbons (Fsp3) is 0.0714. The summed E-state index contributed by atoms with van der Waals surface area (Å²) in [5.74, 6) is -1.65. The first-order valence-electron chi connectivity index (χ1n) is 6.04. The fourth-order valence-corrected chi connectivity index (χ4v) is 1.53. The van der Waals surface area contributed by atoms with Gasteiger partial charge in [0.25, 0.3) is 5.91 Å².